The Bertz CT molecular complexity index is 623. The second-order valence-electron chi connectivity index (χ2n) is 5.39. The Labute approximate surface area is 125 Å². The Morgan fingerprint density at radius 2 is 1.57 bits per heavy atom. The largest absolute Gasteiger partial charge is 0.306 e. The van der Waals surface area contributed by atoms with E-state index in [9.17, 15) is 8.78 Å². The third kappa shape index (κ3) is 3.67. The lowest BCUT2D eigenvalue weighted by atomic mass is 9.92. The summed E-state index contributed by atoms with van der Waals surface area (Å²) in [5.74, 6) is -0.500. The van der Waals surface area contributed by atoms with Gasteiger partial charge in [-0.2, -0.15) is 0 Å². The summed E-state index contributed by atoms with van der Waals surface area (Å²) in [5.41, 5.74) is 3.78. The number of hydrogen-bond donors (Lipinski definition) is 1. The maximum atomic E-state index is 13.6. The van der Waals surface area contributed by atoms with E-state index in [-0.39, 0.29) is 17.7 Å². The zero-order valence-corrected chi connectivity index (χ0v) is 12.7. The third-order valence-electron chi connectivity index (χ3n) is 3.69. The normalized spacial score (nSPS) is 12.4. The molecule has 0 saturated heterocycles. The van der Waals surface area contributed by atoms with E-state index < -0.39 is 0 Å². The molecule has 0 aromatic heterocycles. The predicted molar refractivity (Wildman–Crippen MR) is 82.4 cm³/mol. The number of hydrogen-bond acceptors (Lipinski definition) is 1. The van der Waals surface area contributed by atoms with E-state index in [1.165, 1.54) is 18.2 Å². The molecule has 1 nitrogen and oxygen atoms in total. The molecule has 1 unspecified atom stereocenters. The van der Waals surface area contributed by atoms with Crippen LogP contribution in [0, 0.1) is 25.5 Å². The Hall–Kier alpha value is -1.74. The molecule has 0 aliphatic rings. The molecule has 2 rings (SSSR count). The van der Waals surface area contributed by atoms with Crippen molar-refractivity contribution in [3.8, 4) is 0 Å². The number of nitrogens with one attached hydrogen (secondary N) is 1. The molecule has 21 heavy (non-hydrogen) atoms. The fourth-order valence-electron chi connectivity index (χ4n) is 2.56. The third-order valence-corrected chi connectivity index (χ3v) is 3.69. The standard InChI is InChI=1S/C18H21F2N/c1-4-9-21-18(16-8-7-14(19)10-13(16)3)17-11-15(20)6-5-12(17)2/h5-8,10-11,18,21H,4,9H2,1-3H3. The van der Waals surface area contributed by atoms with E-state index in [4.69, 9.17) is 0 Å². The van der Waals surface area contributed by atoms with Crippen LogP contribution < -0.4 is 5.32 Å². The van der Waals surface area contributed by atoms with Gasteiger partial charge in [0, 0.05) is 0 Å². The lowest BCUT2D eigenvalue weighted by molar-refractivity contribution is 0.577. The molecule has 3 heteroatoms. The summed E-state index contributed by atoms with van der Waals surface area (Å²) in [5, 5.41) is 3.44. The minimum absolute atomic E-state index is 0.124. The summed E-state index contributed by atoms with van der Waals surface area (Å²) in [6, 6.07) is 9.44. The first-order valence-electron chi connectivity index (χ1n) is 7.28. The van der Waals surface area contributed by atoms with Crippen LogP contribution in [-0.2, 0) is 0 Å². The maximum absolute atomic E-state index is 13.6. The van der Waals surface area contributed by atoms with Crippen molar-refractivity contribution in [2.75, 3.05) is 6.54 Å². The van der Waals surface area contributed by atoms with Crippen LogP contribution in [0.3, 0.4) is 0 Å². The van der Waals surface area contributed by atoms with Gasteiger partial charge in [0.25, 0.3) is 0 Å². The van der Waals surface area contributed by atoms with E-state index in [0.29, 0.717) is 0 Å². The second kappa shape index (κ2) is 6.81. The van der Waals surface area contributed by atoms with Gasteiger partial charge in [-0.05, 0) is 73.3 Å². The summed E-state index contributed by atoms with van der Waals surface area (Å²) in [6.45, 7) is 6.75. The van der Waals surface area contributed by atoms with Gasteiger partial charge in [-0.1, -0.05) is 19.1 Å². The van der Waals surface area contributed by atoms with Crippen LogP contribution in [0.1, 0.15) is 41.6 Å². The quantitative estimate of drug-likeness (QED) is 0.843. The highest BCUT2D eigenvalue weighted by Crippen LogP contribution is 2.28. The Kier molecular flexibility index (Phi) is 5.07. The van der Waals surface area contributed by atoms with Gasteiger partial charge in [0.15, 0.2) is 0 Å². The van der Waals surface area contributed by atoms with Crippen LogP contribution in [0.5, 0.6) is 0 Å². The molecule has 0 aliphatic heterocycles. The minimum Gasteiger partial charge on any atom is -0.306 e. The van der Waals surface area contributed by atoms with E-state index in [2.05, 4.69) is 12.2 Å². The van der Waals surface area contributed by atoms with Gasteiger partial charge < -0.3 is 5.32 Å². The van der Waals surface area contributed by atoms with Gasteiger partial charge in [-0.25, -0.2) is 8.78 Å². The fraction of sp³-hybridized carbons (Fsp3) is 0.333. The van der Waals surface area contributed by atoms with Gasteiger partial charge in [0.2, 0.25) is 0 Å². The summed E-state index contributed by atoms with van der Waals surface area (Å²) < 4.78 is 27.0. The lowest BCUT2D eigenvalue weighted by Crippen LogP contribution is -2.24. The van der Waals surface area contributed by atoms with Gasteiger partial charge in [0.05, 0.1) is 6.04 Å². The number of benzene rings is 2. The molecule has 0 radical (unpaired) electrons. The zero-order chi connectivity index (χ0) is 15.4. The summed E-state index contributed by atoms with van der Waals surface area (Å²) in [7, 11) is 0. The van der Waals surface area contributed by atoms with E-state index >= 15 is 0 Å². The highest BCUT2D eigenvalue weighted by molar-refractivity contribution is 5.40. The number of aryl methyl sites for hydroxylation is 2. The van der Waals surface area contributed by atoms with Crippen LogP contribution in [0.2, 0.25) is 0 Å². The molecule has 1 atom stereocenters. The van der Waals surface area contributed by atoms with Crippen LogP contribution in [-0.4, -0.2) is 6.54 Å². The average Bonchev–Trinajstić information content (AvgIpc) is 2.44. The summed E-state index contributed by atoms with van der Waals surface area (Å²) in [6.07, 6.45) is 0.977. The summed E-state index contributed by atoms with van der Waals surface area (Å²) in [4.78, 5) is 0. The highest BCUT2D eigenvalue weighted by atomic mass is 19.1. The van der Waals surface area contributed by atoms with Gasteiger partial charge in [-0.3, -0.25) is 0 Å². The Morgan fingerprint density at radius 1 is 0.905 bits per heavy atom. The van der Waals surface area contributed by atoms with Gasteiger partial charge >= 0.3 is 0 Å². The molecule has 0 amide bonds. The minimum atomic E-state index is -0.251. The van der Waals surface area contributed by atoms with Crippen molar-refractivity contribution in [1.82, 2.24) is 5.32 Å². The van der Waals surface area contributed by atoms with E-state index in [1.54, 1.807) is 18.2 Å². The molecule has 0 saturated carbocycles. The first kappa shape index (κ1) is 15.6. The Balaban J connectivity index is 2.49. The molecule has 0 heterocycles. The lowest BCUT2D eigenvalue weighted by Gasteiger charge is -2.23. The first-order chi connectivity index (χ1) is 10.0. The number of halogens is 2. The predicted octanol–water partition coefficient (Wildman–Crippen LogP) is 4.67. The van der Waals surface area contributed by atoms with Crippen LogP contribution in [0.25, 0.3) is 0 Å². The van der Waals surface area contributed by atoms with Crippen molar-refractivity contribution >= 4 is 0 Å². The number of rotatable bonds is 5. The SMILES string of the molecule is CCCNC(c1ccc(F)cc1C)c1cc(F)ccc1C. The Morgan fingerprint density at radius 3 is 2.24 bits per heavy atom. The fourth-order valence-corrected chi connectivity index (χ4v) is 2.56. The molecule has 0 aliphatic carbocycles. The van der Waals surface area contributed by atoms with Crippen LogP contribution >= 0.6 is 0 Å². The van der Waals surface area contributed by atoms with E-state index in [0.717, 1.165) is 35.2 Å². The van der Waals surface area contributed by atoms with E-state index in [1.807, 2.05) is 13.8 Å². The van der Waals surface area contributed by atoms with Gasteiger partial charge in [-0.15, -0.1) is 0 Å². The van der Waals surface area contributed by atoms with Crippen molar-refractivity contribution in [2.24, 2.45) is 0 Å². The average molecular weight is 289 g/mol. The molecule has 2 aromatic rings. The van der Waals surface area contributed by atoms with Crippen molar-refractivity contribution in [3.63, 3.8) is 0 Å². The van der Waals surface area contributed by atoms with Crippen LogP contribution in [0.4, 0.5) is 8.78 Å². The molecule has 112 valence electrons. The molecule has 1 N–H and O–H groups in total. The molecule has 2 aromatic carbocycles. The summed E-state index contributed by atoms with van der Waals surface area (Å²) >= 11 is 0. The molecule has 0 fully saturated rings. The van der Waals surface area contributed by atoms with Crippen molar-refractivity contribution in [3.05, 3.63) is 70.3 Å². The molecule has 0 spiro atoms. The topological polar surface area (TPSA) is 12.0 Å². The van der Waals surface area contributed by atoms with Crippen molar-refractivity contribution in [1.29, 1.82) is 0 Å². The molecular formula is C18H21F2N. The van der Waals surface area contributed by atoms with Gasteiger partial charge in [0.1, 0.15) is 11.6 Å². The first-order valence-corrected chi connectivity index (χ1v) is 7.28. The molecule has 0 bridgehead atoms. The van der Waals surface area contributed by atoms with Crippen molar-refractivity contribution < 1.29 is 8.78 Å². The smallest absolute Gasteiger partial charge is 0.123 e. The monoisotopic (exact) mass is 289 g/mol. The zero-order valence-electron chi connectivity index (χ0n) is 12.7. The highest BCUT2D eigenvalue weighted by Gasteiger charge is 2.18. The second-order valence-corrected chi connectivity index (χ2v) is 5.39. The van der Waals surface area contributed by atoms with Crippen molar-refractivity contribution in [2.45, 2.75) is 33.2 Å². The maximum Gasteiger partial charge on any atom is 0.123 e. The van der Waals surface area contributed by atoms with Crippen LogP contribution in [0.15, 0.2) is 36.4 Å². The molecular weight excluding hydrogens is 268 g/mol.